The van der Waals surface area contributed by atoms with Gasteiger partial charge in [-0.25, -0.2) is 4.98 Å². The lowest BCUT2D eigenvalue weighted by molar-refractivity contribution is 1.17. The second kappa shape index (κ2) is 9.05. The van der Waals surface area contributed by atoms with Gasteiger partial charge in [-0.3, -0.25) is 9.38 Å². The maximum atomic E-state index is 5.21. The smallest absolute Gasteiger partial charge is 0.146 e. The first-order chi connectivity index (χ1) is 23.4. The zero-order valence-corrected chi connectivity index (χ0v) is 25.2. The summed E-state index contributed by atoms with van der Waals surface area (Å²) >= 11 is 0. The number of pyridine rings is 2. The molecule has 0 aliphatic carbocycles. The Kier molecular flexibility index (Phi) is 4.78. The number of para-hydroxylation sites is 5. The Hall–Kier alpha value is -6.46. The SMILES string of the molecule is c1ccc(-n2c3ccccc3c3c2ccc2c4c5c6cnccc6n6c7ccccc7nc6c5ccc4n(-c4ccccc4)c23)cc1. The first kappa shape index (κ1) is 24.8. The molecule has 0 fully saturated rings. The van der Waals surface area contributed by atoms with Crippen LogP contribution in [-0.2, 0) is 0 Å². The van der Waals surface area contributed by atoms with E-state index in [2.05, 4.69) is 158 Å². The van der Waals surface area contributed by atoms with E-state index in [4.69, 9.17) is 4.98 Å². The monoisotopic (exact) mass is 599 g/mol. The fraction of sp³-hybridized carbons (Fsp3) is 0. The van der Waals surface area contributed by atoms with Crippen molar-refractivity contribution < 1.29 is 0 Å². The number of nitrogens with zero attached hydrogens (tertiary/aromatic N) is 5. The van der Waals surface area contributed by atoms with Crippen LogP contribution in [-0.4, -0.2) is 23.5 Å². The van der Waals surface area contributed by atoms with E-state index in [0.29, 0.717) is 0 Å². The maximum Gasteiger partial charge on any atom is 0.146 e. The Balaban J connectivity index is 1.43. The van der Waals surface area contributed by atoms with Gasteiger partial charge in [-0.05, 0) is 66.7 Å². The predicted molar refractivity (Wildman–Crippen MR) is 194 cm³/mol. The Morgan fingerprint density at radius 1 is 0.404 bits per heavy atom. The highest BCUT2D eigenvalue weighted by molar-refractivity contribution is 6.34. The van der Waals surface area contributed by atoms with E-state index in [1.165, 1.54) is 43.5 Å². The van der Waals surface area contributed by atoms with E-state index in [1.54, 1.807) is 0 Å². The van der Waals surface area contributed by atoms with Crippen molar-refractivity contribution >= 4 is 82.0 Å². The van der Waals surface area contributed by atoms with Crippen molar-refractivity contribution in [3.63, 3.8) is 0 Å². The van der Waals surface area contributed by atoms with Crippen molar-refractivity contribution in [1.82, 2.24) is 23.5 Å². The molecule has 5 heteroatoms. The summed E-state index contributed by atoms with van der Waals surface area (Å²) < 4.78 is 7.15. The maximum absolute atomic E-state index is 5.21. The molecule has 5 aromatic heterocycles. The second-order valence-electron chi connectivity index (χ2n) is 12.2. The number of rotatable bonds is 2. The quantitative estimate of drug-likeness (QED) is 0.186. The van der Waals surface area contributed by atoms with Crippen LogP contribution in [0.3, 0.4) is 0 Å². The topological polar surface area (TPSA) is 40.1 Å². The molecule has 5 heterocycles. The summed E-state index contributed by atoms with van der Waals surface area (Å²) in [5, 5.41) is 8.31. The number of benzene rings is 6. The van der Waals surface area contributed by atoms with Gasteiger partial charge < -0.3 is 9.13 Å². The number of imidazole rings is 1. The molecule has 0 saturated heterocycles. The Labute approximate surface area is 268 Å². The fourth-order valence-electron chi connectivity index (χ4n) is 8.04. The Bertz CT molecular complexity index is 3060. The molecule has 5 nitrogen and oxygen atoms in total. The molecule has 0 unspecified atom stereocenters. The zero-order chi connectivity index (χ0) is 30.6. The molecule has 0 radical (unpaired) electrons. The third-order valence-electron chi connectivity index (χ3n) is 9.87. The average Bonchev–Trinajstić information content (AvgIpc) is 3.80. The van der Waals surface area contributed by atoms with Gasteiger partial charge in [0, 0.05) is 61.5 Å². The van der Waals surface area contributed by atoms with Gasteiger partial charge in [0.2, 0.25) is 0 Å². The normalized spacial score (nSPS) is 12.3. The molecule has 218 valence electrons. The molecule has 0 atom stereocenters. The first-order valence-corrected chi connectivity index (χ1v) is 15.9. The highest BCUT2D eigenvalue weighted by Gasteiger charge is 2.24. The van der Waals surface area contributed by atoms with E-state index >= 15 is 0 Å². The second-order valence-corrected chi connectivity index (χ2v) is 12.2. The first-order valence-electron chi connectivity index (χ1n) is 15.9. The summed E-state index contributed by atoms with van der Waals surface area (Å²) in [6.45, 7) is 0. The van der Waals surface area contributed by atoms with Gasteiger partial charge in [0.15, 0.2) is 0 Å². The van der Waals surface area contributed by atoms with Crippen molar-refractivity contribution in [2.24, 2.45) is 0 Å². The summed E-state index contributed by atoms with van der Waals surface area (Å²) in [6.07, 6.45) is 3.91. The van der Waals surface area contributed by atoms with Crippen molar-refractivity contribution in [2.45, 2.75) is 0 Å². The molecular formula is C42H25N5. The van der Waals surface area contributed by atoms with E-state index in [0.717, 1.165) is 49.9 Å². The van der Waals surface area contributed by atoms with E-state index in [9.17, 15) is 0 Å². The minimum absolute atomic E-state index is 0.962. The average molecular weight is 600 g/mol. The van der Waals surface area contributed by atoms with Gasteiger partial charge in [-0.1, -0.05) is 72.8 Å². The van der Waals surface area contributed by atoms with Gasteiger partial charge in [0.25, 0.3) is 0 Å². The lowest BCUT2D eigenvalue weighted by Gasteiger charge is -2.11. The van der Waals surface area contributed by atoms with Gasteiger partial charge >= 0.3 is 0 Å². The van der Waals surface area contributed by atoms with E-state index in [-0.39, 0.29) is 0 Å². The molecule has 0 spiro atoms. The van der Waals surface area contributed by atoms with Crippen LogP contribution < -0.4 is 0 Å². The predicted octanol–water partition coefficient (Wildman–Crippen LogP) is 10.4. The summed E-state index contributed by atoms with van der Waals surface area (Å²) in [5.41, 5.74) is 11.2. The van der Waals surface area contributed by atoms with Crippen LogP contribution in [0, 0.1) is 0 Å². The van der Waals surface area contributed by atoms with Gasteiger partial charge in [-0.15, -0.1) is 0 Å². The Morgan fingerprint density at radius 3 is 1.87 bits per heavy atom. The van der Waals surface area contributed by atoms with Crippen LogP contribution in [0.4, 0.5) is 0 Å². The van der Waals surface area contributed by atoms with Crippen LogP contribution >= 0.6 is 0 Å². The molecule has 0 amide bonds. The molecule has 47 heavy (non-hydrogen) atoms. The summed E-state index contributed by atoms with van der Waals surface area (Å²) in [6, 6.07) is 49.9. The molecule has 11 rings (SSSR count). The van der Waals surface area contributed by atoms with Crippen molar-refractivity contribution in [3.05, 3.63) is 152 Å². The summed E-state index contributed by atoms with van der Waals surface area (Å²) in [5.74, 6) is 0. The molecule has 0 saturated carbocycles. The highest BCUT2D eigenvalue weighted by Crippen LogP contribution is 2.46. The van der Waals surface area contributed by atoms with Crippen LogP contribution in [0.5, 0.6) is 0 Å². The van der Waals surface area contributed by atoms with Crippen LogP contribution in [0.15, 0.2) is 152 Å². The molecule has 0 aliphatic heterocycles. The van der Waals surface area contributed by atoms with Crippen LogP contribution in [0.2, 0.25) is 0 Å². The van der Waals surface area contributed by atoms with Crippen LogP contribution in [0.1, 0.15) is 0 Å². The molecule has 0 bridgehead atoms. The standard InChI is InChI=1S/C42H25N5/c1-3-11-26(12-4-1)45-33-17-9-7-15-28(33)40-37(45)21-19-29-39-36(46(41(29)40)27-13-5-2-6-14-27)22-20-30-38(39)31-25-43-24-23-34(31)47-35-18-10-8-16-32(35)44-42(30)47/h1-25H. The zero-order valence-electron chi connectivity index (χ0n) is 25.2. The molecule has 0 aliphatic rings. The Morgan fingerprint density at radius 2 is 1.06 bits per heavy atom. The highest BCUT2D eigenvalue weighted by atomic mass is 15.0. The lowest BCUT2D eigenvalue weighted by Crippen LogP contribution is -1.95. The fourth-order valence-corrected chi connectivity index (χ4v) is 8.04. The summed E-state index contributed by atoms with van der Waals surface area (Å²) in [7, 11) is 0. The molecule has 0 N–H and O–H groups in total. The number of fused-ring (bicyclic) bond motifs is 16. The number of aromatic nitrogens is 5. The minimum Gasteiger partial charge on any atom is -0.309 e. The van der Waals surface area contributed by atoms with Gasteiger partial charge in [0.1, 0.15) is 5.65 Å². The van der Waals surface area contributed by atoms with Crippen molar-refractivity contribution in [2.75, 3.05) is 0 Å². The molecule has 6 aromatic carbocycles. The summed E-state index contributed by atoms with van der Waals surface area (Å²) in [4.78, 5) is 9.88. The number of hydrogen-bond donors (Lipinski definition) is 0. The van der Waals surface area contributed by atoms with E-state index in [1.807, 2.05) is 12.4 Å². The van der Waals surface area contributed by atoms with Gasteiger partial charge in [-0.2, -0.15) is 0 Å². The third kappa shape index (κ3) is 3.17. The minimum atomic E-state index is 0.962. The third-order valence-corrected chi connectivity index (χ3v) is 9.87. The van der Waals surface area contributed by atoms with Gasteiger partial charge in [0.05, 0.1) is 38.6 Å². The molecule has 11 aromatic rings. The van der Waals surface area contributed by atoms with E-state index < -0.39 is 0 Å². The largest absolute Gasteiger partial charge is 0.309 e. The van der Waals surface area contributed by atoms with Crippen molar-refractivity contribution in [3.8, 4) is 11.4 Å². The molecular weight excluding hydrogens is 574 g/mol. The lowest BCUT2D eigenvalue weighted by atomic mass is 10.00. The van der Waals surface area contributed by atoms with Crippen molar-refractivity contribution in [1.29, 1.82) is 0 Å². The number of hydrogen-bond acceptors (Lipinski definition) is 2. The van der Waals surface area contributed by atoms with Crippen LogP contribution in [0.25, 0.3) is 93.3 Å².